The third kappa shape index (κ3) is 4.04. The Morgan fingerprint density at radius 1 is 1.32 bits per heavy atom. The number of rotatable bonds is 3. The Morgan fingerprint density at radius 3 is 2.74 bits per heavy atom. The van der Waals surface area contributed by atoms with Crippen LogP contribution in [0, 0.1) is 5.41 Å². The lowest BCUT2D eigenvalue weighted by Gasteiger charge is -2.40. The van der Waals surface area contributed by atoms with Crippen LogP contribution in [0.3, 0.4) is 0 Å². The zero-order valence-electron chi connectivity index (χ0n) is 11.7. The maximum atomic E-state index is 6.28. The number of benzene rings is 1. The molecule has 106 valence electrons. The SMILES string of the molecule is CNC1CCC(C)(C)CC1Sc1cc(Cl)ccc1Cl. The number of nitrogens with one attached hydrogen (secondary N) is 1. The molecular formula is C15H21Cl2NS. The molecule has 1 aliphatic rings. The molecule has 4 heteroatoms. The Kier molecular flexibility index (Phi) is 5.10. The highest BCUT2D eigenvalue weighted by atomic mass is 35.5. The summed E-state index contributed by atoms with van der Waals surface area (Å²) in [6.07, 6.45) is 3.70. The van der Waals surface area contributed by atoms with E-state index in [1.807, 2.05) is 30.0 Å². The monoisotopic (exact) mass is 317 g/mol. The summed E-state index contributed by atoms with van der Waals surface area (Å²) in [6.45, 7) is 4.71. The van der Waals surface area contributed by atoms with Gasteiger partial charge in [-0.3, -0.25) is 0 Å². The van der Waals surface area contributed by atoms with Crippen molar-refractivity contribution in [1.82, 2.24) is 5.32 Å². The first-order chi connectivity index (χ1) is 8.91. The first-order valence-electron chi connectivity index (χ1n) is 6.70. The molecule has 1 aliphatic carbocycles. The van der Waals surface area contributed by atoms with Gasteiger partial charge in [-0.25, -0.2) is 0 Å². The van der Waals surface area contributed by atoms with Gasteiger partial charge in [-0.1, -0.05) is 37.0 Å². The van der Waals surface area contributed by atoms with Crippen LogP contribution in [-0.4, -0.2) is 18.3 Å². The van der Waals surface area contributed by atoms with Crippen LogP contribution in [0.15, 0.2) is 23.1 Å². The average molecular weight is 318 g/mol. The van der Waals surface area contributed by atoms with E-state index in [2.05, 4.69) is 26.2 Å². The molecule has 1 aromatic carbocycles. The van der Waals surface area contributed by atoms with Crippen LogP contribution >= 0.6 is 35.0 Å². The fourth-order valence-electron chi connectivity index (χ4n) is 2.71. The van der Waals surface area contributed by atoms with Crippen molar-refractivity contribution in [3.05, 3.63) is 28.2 Å². The van der Waals surface area contributed by atoms with Gasteiger partial charge in [-0.15, -0.1) is 11.8 Å². The predicted octanol–water partition coefficient (Wildman–Crippen LogP) is 5.25. The van der Waals surface area contributed by atoms with Crippen molar-refractivity contribution in [3.8, 4) is 0 Å². The fourth-order valence-corrected chi connectivity index (χ4v) is 4.87. The average Bonchev–Trinajstić information content (AvgIpc) is 2.33. The van der Waals surface area contributed by atoms with Crippen LogP contribution in [0.5, 0.6) is 0 Å². The fraction of sp³-hybridized carbons (Fsp3) is 0.600. The molecule has 1 saturated carbocycles. The molecule has 1 N–H and O–H groups in total. The maximum Gasteiger partial charge on any atom is 0.0543 e. The van der Waals surface area contributed by atoms with Crippen LogP contribution in [0.1, 0.15) is 33.1 Å². The number of hydrogen-bond donors (Lipinski definition) is 1. The highest BCUT2D eigenvalue weighted by molar-refractivity contribution is 8.00. The van der Waals surface area contributed by atoms with E-state index in [-0.39, 0.29) is 0 Å². The van der Waals surface area contributed by atoms with E-state index in [1.165, 1.54) is 19.3 Å². The summed E-state index contributed by atoms with van der Waals surface area (Å²) in [7, 11) is 2.05. The van der Waals surface area contributed by atoms with Gasteiger partial charge in [0.25, 0.3) is 0 Å². The van der Waals surface area contributed by atoms with Crippen molar-refractivity contribution >= 4 is 35.0 Å². The van der Waals surface area contributed by atoms with Crippen LogP contribution < -0.4 is 5.32 Å². The molecule has 0 heterocycles. The lowest BCUT2D eigenvalue weighted by atomic mass is 9.75. The molecule has 0 spiro atoms. The topological polar surface area (TPSA) is 12.0 Å². The Balaban J connectivity index is 2.16. The summed E-state index contributed by atoms with van der Waals surface area (Å²) in [5.41, 5.74) is 0.413. The van der Waals surface area contributed by atoms with E-state index < -0.39 is 0 Å². The largest absolute Gasteiger partial charge is 0.316 e. The molecule has 0 aliphatic heterocycles. The Bertz CT molecular complexity index is 448. The molecule has 1 aromatic rings. The second-order valence-electron chi connectivity index (χ2n) is 6.03. The molecule has 0 bridgehead atoms. The van der Waals surface area contributed by atoms with E-state index >= 15 is 0 Å². The summed E-state index contributed by atoms with van der Waals surface area (Å²) in [5, 5.41) is 5.55. The quantitative estimate of drug-likeness (QED) is 0.816. The van der Waals surface area contributed by atoms with Crippen molar-refractivity contribution in [2.24, 2.45) is 5.41 Å². The first-order valence-corrected chi connectivity index (χ1v) is 8.34. The Labute approximate surface area is 130 Å². The zero-order chi connectivity index (χ0) is 14.0. The normalized spacial score (nSPS) is 26.4. The highest BCUT2D eigenvalue weighted by Gasteiger charge is 2.34. The van der Waals surface area contributed by atoms with Gasteiger partial charge in [0.05, 0.1) is 5.02 Å². The standard InChI is InChI=1S/C15H21Cl2NS/c1-15(2)7-6-12(18-3)14(9-15)19-13-8-10(16)4-5-11(13)17/h4-5,8,12,14,18H,6-7,9H2,1-3H3. The minimum Gasteiger partial charge on any atom is -0.316 e. The van der Waals surface area contributed by atoms with Crippen molar-refractivity contribution in [1.29, 1.82) is 0 Å². The summed E-state index contributed by atoms with van der Waals surface area (Å²) in [4.78, 5) is 1.09. The molecule has 0 amide bonds. The van der Waals surface area contributed by atoms with Gasteiger partial charge < -0.3 is 5.32 Å². The molecule has 2 atom stereocenters. The lowest BCUT2D eigenvalue weighted by molar-refractivity contribution is 0.218. The molecule has 19 heavy (non-hydrogen) atoms. The predicted molar refractivity (Wildman–Crippen MR) is 86.6 cm³/mol. The highest BCUT2D eigenvalue weighted by Crippen LogP contribution is 2.44. The van der Waals surface area contributed by atoms with Gasteiger partial charge in [-0.05, 0) is 49.9 Å². The van der Waals surface area contributed by atoms with Gasteiger partial charge in [0, 0.05) is 21.2 Å². The first kappa shape index (κ1) is 15.5. The molecule has 2 rings (SSSR count). The zero-order valence-corrected chi connectivity index (χ0v) is 14.0. The van der Waals surface area contributed by atoms with E-state index in [1.54, 1.807) is 0 Å². The number of thioether (sulfide) groups is 1. The van der Waals surface area contributed by atoms with Crippen LogP contribution in [0.25, 0.3) is 0 Å². The Morgan fingerprint density at radius 2 is 2.05 bits per heavy atom. The smallest absolute Gasteiger partial charge is 0.0543 e. The number of hydrogen-bond acceptors (Lipinski definition) is 2. The summed E-state index contributed by atoms with van der Waals surface area (Å²) < 4.78 is 0. The van der Waals surface area contributed by atoms with Crippen molar-refractivity contribution in [2.45, 2.75) is 49.3 Å². The van der Waals surface area contributed by atoms with Crippen molar-refractivity contribution in [2.75, 3.05) is 7.05 Å². The van der Waals surface area contributed by atoms with Gasteiger partial charge >= 0.3 is 0 Å². The molecule has 0 saturated heterocycles. The van der Waals surface area contributed by atoms with Crippen LogP contribution in [-0.2, 0) is 0 Å². The second-order valence-corrected chi connectivity index (χ2v) is 8.16. The van der Waals surface area contributed by atoms with Crippen molar-refractivity contribution in [3.63, 3.8) is 0 Å². The minimum atomic E-state index is 0.413. The summed E-state index contributed by atoms with van der Waals surface area (Å²) in [5.74, 6) is 0. The Hall–Kier alpha value is 0.110. The van der Waals surface area contributed by atoms with Gasteiger partial charge in [-0.2, -0.15) is 0 Å². The molecule has 0 aromatic heterocycles. The number of halogens is 2. The molecule has 2 unspecified atom stereocenters. The van der Waals surface area contributed by atoms with Crippen LogP contribution in [0.2, 0.25) is 10.0 Å². The molecule has 1 nitrogen and oxygen atoms in total. The van der Waals surface area contributed by atoms with E-state index in [0.29, 0.717) is 16.7 Å². The van der Waals surface area contributed by atoms with Crippen molar-refractivity contribution < 1.29 is 0 Å². The third-order valence-corrected chi connectivity index (χ3v) is 5.94. The van der Waals surface area contributed by atoms with Gasteiger partial charge in [0.2, 0.25) is 0 Å². The maximum absolute atomic E-state index is 6.28. The van der Waals surface area contributed by atoms with Gasteiger partial charge in [0.15, 0.2) is 0 Å². The van der Waals surface area contributed by atoms with E-state index in [9.17, 15) is 0 Å². The summed E-state index contributed by atoms with van der Waals surface area (Å²) in [6, 6.07) is 6.25. The summed E-state index contributed by atoms with van der Waals surface area (Å²) >= 11 is 14.2. The van der Waals surface area contributed by atoms with Gasteiger partial charge in [0.1, 0.15) is 0 Å². The second kappa shape index (κ2) is 6.26. The molecule has 0 radical (unpaired) electrons. The van der Waals surface area contributed by atoms with Crippen LogP contribution in [0.4, 0.5) is 0 Å². The molecule has 1 fully saturated rings. The van der Waals surface area contributed by atoms with E-state index in [4.69, 9.17) is 23.2 Å². The third-order valence-electron chi connectivity index (χ3n) is 3.88. The minimum absolute atomic E-state index is 0.413. The van der Waals surface area contributed by atoms with E-state index in [0.717, 1.165) is 14.9 Å². The lowest BCUT2D eigenvalue weighted by Crippen LogP contribution is -2.43. The molecular weight excluding hydrogens is 297 g/mol.